The first-order valence-corrected chi connectivity index (χ1v) is 9.41. The lowest BCUT2D eigenvalue weighted by Gasteiger charge is -2.22. The van der Waals surface area contributed by atoms with Gasteiger partial charge in [0, 0.05) is 17.9 Å². The van der Waals surface area contributed by atoms with Crippen molar-refractivity contribution in [3.63, 3.8) is 0 Å². The molecule has 1 saturated carbocycles. The third-order valence-electron chi connectivity index (χ3n) is 4.46. The molecule has 1 aromatic carbocycles. The molecule has 5 heteroatoms. The predicted molar refractivity (Wildman–Crippen MR) is 104 cm³/mol. The van der Waals surface area contributed by atoms with Gasteiger partial charge < -0.3 is 15.4 Å². The summed E-state index contributed by atoms with van der Waals surface area (Å²) in [6, 6.07) is 11.7. The van der Waals surface area contributed by atoms with Gasteiger partial charge in [0.05, 0.1) is 11.8 Å². The topological polar surface area (TPSA) is 63.2 Å². The first-order chi connectivity index (χ1) is 12.6. The summed E-state index contributed by atoms with van der Waals surface area (Å²) >= 11 is 0. The lowest BCUT2D eigenvalue weighted by molar-refractivity contribution is 0.0922. The van der Waals surface area contributed by atoms with Gasteiger partial charge in [-0.25, -0.2) is 0 Å². The van der Waals surface area contributed by atoms with Crippen molar-refractivity contribution < 1.29 is 9.53 Å². The Balaban J connectivity index is 1.70. The first-order valence-electron chi connectivity index (χ1n) is 9.41. The van der Waals surface area contributed by atoms with E-state index in [-0.39, 0.29) is 18.1 Å². The molecule has 0 aliphatic heterocycles. The van der Waals surface area contributed by atoms with Gasteiger partial charge in [0.2, 0.25) is 0 Å². The molecule has 2 aromatic rings. The number of para-hydroxylation sites is 2. The molecule has 1 aromatic heterocycles. The van der Waals surface area contributed by atoms with E-state index in [0.29, 0.717) is 5.69 Å². The average Bonchev–Trinajstić information content (AvgIpc) is 2.64. The summed E-state index contributed by atoms with van der Waals surface area (Å²) in [5.41, 5.74) is 2.11. The number of anilines is 2. The Morgan fingerprint density at radius 3 is 2.69 bits per heavy atom. The number of amides is 1. The van der Waals surface area contributed by atoms with E-state index >= 15 is 0 Å². The molecule has 5 nitrogen and oxygen atoms in total. The minimum atomic E-state index is -0.104. The summed E-state index contributed by atoms with van der Waals surface area (Å²) in [6.45, 7) is 3.99. The van der Waals surface area contributed by atoms with Crippen molar-refractivity contribution in [3.8, 4) is 5.75 Å². The highest BCUT2D eigenvalue weighted by molar-refractivity contribution is 5.93. The SMILES string of the molecule is CC(C)Oc1ccccc1Nc1ccnc(C(=O)NC2CCCCC2)c1. The quantitative estimate of drug-likeness (QED) is 0.792. The molecular weight excluding hydrogens is 326 g/mol. The fourth-order valence-corrected chi connectivity index (χ4v) is 3.22. The first kappa shape index (κ1) is 18.2. The molecule has 138 valence electrons. The van der Waals surface area contributed by atoms with Crippen LogP contribution in [0.4, 0.5) is 11.4 Å². The molecule has 0 radical (unpaired) electrons. The monoisotopic (exact) mass is 353 g/mol. The molecule has 0 bridgehead atoms. The molecule has 1 fully saturated rings. The number of benzene rings is 1. The second-order valence-electron chi connectivity index (χ2n) is 7.03. The molecule has 1 aliphatic rings. The van der Waals surface area contributed by atoms with Gasteiger partial charge in [-0.15, -0.1) is 0 Å². The largest absolute Gasteiger partial charge is 0.489 e. The van der Waals surface area contributed by atoms with Crippen molar-refractivity contribution in [2.24, 2.45) is 0 Å². The number of pyridine rings is 1. The van der Waals surface area contributed by atoms with E-state index in [2.05, 4.69) is 15.6 Å². The Morgan fingerprint density at radius 2 is 1.92 bits per heavy atom. The fourth-order valence-electron chi connectivity index (χ4n) is 3.22. The van der Waals surface area contributed by atoms with Gasteiger partial charge in [0.15, 0.2) is 0 Å². The van der Waals surface area contributed by atoms with Crippen LogP contribution in [0.25, 0.3) is 0 Å². The number of ether oxygens (including phenoxy) is 1. The second-order valence-corrected chi connectivity index (χ2v) is 7.03. The summed E-state index contributed by atoms with van der Waals surface area (Å²) < 4.78 is 5.84. The van der Waals surface area contributed by atoms with Gasteiger partial charge in [-0.2, -0.15) is 0 Å². The van der Waals surface area contributed by atoms with E-state index in [1.807, 2.05) is 44.2 Å². The summed E-state index contributed by atoms with van der Waals surface area (Å²) in [6.07, 6.45) is 7.51. The van der Waals surface area contributed by atoms with Crippen LogP contribution in [0.5, 0.6) is 5.75 Å². The Hall–Kier alpha value is -2.56. The van der Waals surface area contributed by atoms with Crippen LogP contribution in [0.3, 0.4) is 0 Å². The maximum atomic E-state index is 12.5. The van der Waals surface area contributed by atoms with Gasteiger partial charge >= 0.3 is 0 Å². The average molecular weight is 353 g/mol. The van der Waals surface area contributed by atoms with Crippen molar-refractivity contribution >= 4 is 17.3 Å². The van der Waals surface area contributed by atoms with Gasteiger partial charge in [0.25, 0.3) is 5.91 Å². The molecule has 3 rings (SSSR count). The predicted octanol–water partition coefficient (Wildman–Crippen LogP) is 4.67. The minimum Gasteiger partial charge on any atom is -0.489 e. The lowest BCUT2D eigenvalue weighted by Crippen LogP contribution is -2.36. The van der Waals surface area contributed by atoms with Crippen LogP contribution in [-0.2, 0) is 0 Å². The Kier molecular flexibility index (Phi) is 6.10. The maximum absolute atomic E-state index is 12.5. The van der Waals surface area contributed by atoms with Gasteiger partial charge in [-0.05, 0) is 51.0 Å². The van der Waals surface area contributed by atoms with Crippen molar-refractivity contribution in [1.82, 2.24) is 10.3 Å². The fraction of sp³-hybridized carbons (Fsp3) is 0.429. The number of rotatable bonds is 6. The van der Waals surface area contributed by atoms with Gasteiger partial charge in [0.1, 0.15) is 11.4 Å². The summed E-state index contributed by atoms with van der Waals surface area (Å²) in [4.78, 5) is 16.7. The van der Waals surface area contributed by atoms with E-state index < -0.39 is 0 Å². The third-order valence-corrected chi connectivity index (χ3v) is 4.46. The zero-order chi connectivity index (χ0) is 18.4. The molecule has 0 unspecified atom stereocenters. The smallest absolute Gasteiger partial charge is 0.270 e. The lowest BCUT2D eigenvalue weighted by atomic mass is 9.95. The molecule has 1 heterocycles. The highest BCUT2D eigenvalue weighted by Gasteiger charge is 2.17. The number of nitrogens with zero attached hydrogens (tertiary/aromatic N) is 1. The van der Waals surface area contributed by atoms with Crippen LogP contribution < -0.4 is 15.4 Å². The molecule has 1 amide bonds. The number of aromatic nitrogens is 1. The van der Waals surface area contributed by atoms with E-state index in [4.69, 9.17) is 4.74 Å². The van der Waals surface area contributed by atoms with Crippen LogP contribution >= 0.6 is 0 Å². The Morgan fingerprint density at radius 1 is 1.15 bits per heavy atom. The highest BCUT2D eigenvalue weighted by atomic mass is 16.5. The van der Waals surface area contributed by atoms with Crippen molar-refractivity contribution in [1.29, 1.82) is 0 Å². The van der Waals surface area contributed by atoms with Crippen LogP contribution in [0.1, 0.15) is 56.4 Å². The van der Waals surface area contributed by atoms with E-state index in [9.17, 15) is 4.79 Å². The highest BCUT2D eigenvalue weighted by Crippen LogP contribution is 2.28. The zero-order valence-electron chi connectivity index (χ0n) is 15.5. The summed E-state index contributed by atoms with van der Waals surface area (Å²) in [5, 5.41) is 6.44. The second kappa shape index (κ2) is 8.70. The molecular formula is C21H27N3O2. The summed E-state index contributed by atoms with van der Waals surface area (Å²) in [5.74, 6) is 0.680. The number of carbonyl (C=O) groups excluding carboxylic acids is 1. The third kappa shape index (κ3) is 4.97. The molecule has 2 N–H and O–H groups in total. The van der Waals surface area contributed by atoms with Crippen LogP contribution in [-0.4, -0.2) is 23.0 Å². The Labute approximate surface area is 155 Å². The molecule has 0 saturated heterocycles. The van der Waals surface area contributed by atoms with E-state index in [1.165, 1.54) is 19.3 Å². The van der Waals surface area contributed by atoms with E-state index in [0.717, 1.165) is 30.0 Å². The standard InChI is InChI=1S/C21H27N3O2/c1-15(2)26-20-11-7-6-10-18(20)23-17-12-13-22-19(14-17)21(25)24-16-8-4-3-5-9-16/h6-7,10-16H,3-5,8-9H2,1-2H3,(H,22,23)(H,24,25). The Bertz CT molecular complexity index is 740. The van der Waals surface area contributed by atoms with Gasteiger partial charge in [-0.1, -0.05) is 31.4 Å². The minimum absolute atomic E-state index is 0.0900. The number of carbonyl (C=O) groups is 1. The van der Waals surface area contributed by atoms with Crippen LogP contribution in [0.15, 0.2) is 42.6 Å². The number of nitrogens with one attached hydrogen (secondary N) is 2. The molecule has 0 spiro atoms. The number of hydrogen-bond acceptors (Lipinski definition) is 4. The van der Waals surface area contributed by atoms with Crippen LogP contribution in [0, 0.1) is 0 Å². The maximum Gasteiger partial charge on any atom is 0.270 e. The normalized spacial score (nSPS) is 14.9. The van der Waals surface area contributed by atoms with Crippen molar-refractivity contribution in [2.75, 3.05) is 5.32 Å². The van der Waals surface area contributed by atoms with Crippen molar-refractivity contribution in [3.05, 3.63) is 48.3 Å². The molecule has 1 aliphatic carbocycles. The van der Waals surface area contributed by atoms with Gasteiger partial charge in [-0.3, -0.25) is 9.78 Å². The number of hydrogen-bond donors (Lipinski definition) is 2. The molecule has 0 atom stereocenters. The zero-order valence-corrected chi connectivity index (χ0v) is 15.5. The molecule has 26 heavy (non-hydrogen) atoms. The van der Waals surface area contributed by atoms with Crippen LogP contribution in [0.2, 0.25) is 0 Å². The van der Waals surface area contributed by atoms with E-state index in [1.54, 1.807) is 12.3 Å². The summed E-state index contributed by atoms with van der Waals surface area (Å²) in [7, 11) is 0. The van der Waals surface area contributed by atoms with Crippen molar-refractivity contribution in [2.45, 2.75) is 58.1 Å².